The van der Waals surface area contributed by atoms with E-state index in [0.717, 1.165) is 12.8 Å². The van der Waals surface area contributed by atoms with Gasteiger partial charge in [-0.25, -0.2) is 0 Å². The van der Waals surface area contributed by atoms with Crippen molar-refractivity contribution in [3.8, 4) is 0 Å². The molecule has 0 aliphatic heterocycles. The molecule has 3 heteroatoms. The van der Waals surface area contributed by atoms with Crippen LogP contribution in [-0.2, 0) is 6.42 Å². The first kappa shape index (κ1) is 15.2. The largest absolute Gasteiger partial charge is 0.316 e. The minimum absolute atomic E-state index is 0.495. The van der Waals surface area contributed by atoms with Crippen molar-refractivity contribution in [3.05, 3.63) is 18.0 Å². The summed E-state index contributed by atoms with van der Waals surface area (Å²) in [6, 6.07) is 3.16. The molecule has 0 amide bonds. The molecular formula is C15H29N3. The summed E-state index contributed by atoms with van der Waals surface area (Å²) in [6.07, 6.45) is 4.24. The molecule has 1 aromatic heterocycles. The van der Waals surface area contributed by atoms with E-state index in [4.69, 9.17) is 0 Å². The van der Waals surface area contributed by atoms with E-state index in [1.807, 2.05) is 0 Å². The monoisotopic (exact) mass is 251 g/mol. The summed E-state index contributed by atoms with van der Waals surface area (Å²) in [4.78, 5) is 0. The minimum Gasteiger partial charge on any atom is -0.316 e. The van der Waals surface area contributed by atoms with Crippen molar-refractivity contribution in [2.75, 3.05) is 7.05 Å². The SMILES string of the molecule is CCC(C)n1ccc(CC(NC)C(C)C(C)C)n1. The van der Waals surface area contributed by atoms with E-state index >= 15 is 0 Å². The lowest BCUT2D eigenvalue weighted by atomic mass is 9.88. The molecule has 3 nitrogen and oxygen atoms in total. The Labute approximate surface area is 112 Å². The lowest BCUT2D eigenvalue weighted by Gasteiger charge is -2.26. The Bertz CT molecular complexity index is 343. The van der Waals surface area contributed by atoms with Crippen LogP contribution in [0.25, 0.3) is 0 Å². The number of hydrogen-bond donors (Lipinski definition) is 1. The molecule has 3 atom stereocenters. The van der Waals surface area contributed by atoms with Crippen LogP contribution in [-0.4, -0.2) is 22.9 Å². The summed E-state index contributed by atoms with van der Waals surface area (Å²) in [6.45, 7) is 11.3. The van der Waals surface area contributed by atoms with Crippen LogP contribution in [0.5, 0.6) is 0 Å². The molecule has 1 aromatic rings. The molecule has 1 rings (SSSR count). The van der Waals surface area contributed by atoms with E-state index in [1.54, 1.807) is 0 Å². The van der Waals surface area contributed by atoms with Crippen molar-refractivity contribution >= 4 is 0 Å². The van der Waals surface area contributed by atoms with Gasteiger partial charge < -0.3 is 5.32 Å². The van der Waals surface area contributed by atoms with Gasteiger partial charge in [-0.15, -0.1) is 0 Å². The van der Waals surface area contributed by atoms with Gasteiger partial charge in [0, 0.05) is 24.7 Å². The Morgan fingerprint density at radius 2 is 1.94 bits per heavy atom. The van der Waals surface area contributed by atoms with Gasteiger partial charge in [0.15, 0.2) is 0 Å². The van der Waals surface area contributed by atoms with E-state index in [0.29, 0.717) is 23.9 Å². The van der Waals surface area contributed by atoms with E-state index in [1.165, 1.54) is 5.69 Å². The quantitative estimate of drug-likeness (QED) is 0.806. The highest BCUT2D eigenvalue weighted by molar-refractivity contribution is 5.03. The molecule has 0 spiro atoms. The molecule has 3 unspecified atom stereocenters. The molecule has 104 valence electrons. The van der Waals surface area contributed by atoms with Crippen LogP contribution in [0, 0.1) is 11.8 Å². The first-order valence-electron chi connectivity index (χ1n) is 7.20. The van der Waals surface area contributed by atoms with E-state index in [2.05, 4.69) is 69.0 Å². The van der Waals surface area contributed by atoms with Crippen LogP contribution in [0.1, 0.15) is 52.8 Å². The van der Waals surface area contributed by atoms with Crippen molar-refractivity contribution in [1.29, 1.82) is 0 Å². The van der Waals surface area contributed by atoms with Gasteiger partial charge in [0.1, 0.15) is 0 Å². The Hall–Kier alpha value is -0.830. The van der Waals surface area contributed by atoms with Crippen molar-refractivity contribution in [2.45, 2.75) is 59.5 Å². The van der Waals surface area contributed by atoms with Crippen LogP contribution < -0.4 is 5.32 Å². The lowest BCUT2D eigenvalue weighted by Crippen LogP contribution is -2.36. The van der Waals surface area contributed by atoms with Gasteiger partial charge in [-0.1, -0.05) is 27.7 Å². The molecule has 1 heterocycles. The number of rotatable bonds is 7. The second-order valence-electron chi connectivity index (χ2n) is 5.75. The average Bonchev–Trinajstić information content (AvgIpc) is 2.82. The van der Waals surface area contributed by atoms with Crippen molar-refractivity contribution in [3.63, 3.8) is 0 Å². The third kappa shape index (κ3) is 3.84. The molecule has 1 N–H and O–H groups in total. The van der Waals surface area contributed by atoms with Crippen molar-refractivity contribution in [2.24, 2.45) is 11.8 Å². The summed E-state index contributed by atoms with van der Waals surface area (Å²) < 4.78 is 2.09. The summed E-state index contributed by atoms with van der Waals surface area (Å²) in [5, 5.41) is 8.12. The zero-order valence-electron chi connectivity index (χ0n) is 12.8. The van der Waals surface area contributed by atoms with Crippen LogP contribution in [0.4, 0.5) is 0 Å². The fourth-order valence-electron chi connectivity index (χ4n) is 2.16. The number of nitrogens with one attached hydrogen (secondary N) is 1. The Morgan fingerprint density at radius 1 is 1.28 bits per heavy atom. The van der Waals surface area contributed by atoms with Crippen molar-refractivity contribution < 1.29 is 0 Å². The van der Waals surface area contributed by atoms with Crippen LogP contribution >= 0.6 is 0 Å². The molecule has 18 heavy (non-hydrogen) atoms. The molecule has 0 saturated carbocycles. The summed E-state index contributed by atoms with van der Waals surface area (Å²) in [7, 11) is 2.05. The molecule has 0 fully saturated rings. The minimum atomic E-state index is 0.495. The zero-order valence-corrected chi connectivity index (χ0v) is 12.8. The third-order valence-corrected chi connectivity index (χ3v) is 4.19. The summed E-state index contributed by atoms with van der Waals surface area (Å²) in [5.41, 5.74) is 1.20. The van der Waals surface area contributed by atoms with E-state index in [-0.39, 0.29) is 0 Å². The number of aromatic nitrogens is 2. The molecule has 0 aliphatic carbocycles. The predicted octanol–water partition coefficient (Wildman–Crippen LogP) is 3.28. The van der Waals surface area contributed by atoms with Crippen molar-refractivity contribution in [1.82, 2.24) is 15.1 Å². The first-order chi connectivity index (χ1) is 8.49. The van der Waals surface area contributed by atoms with Gasteiger partial charge >= 0.3 is 0 Å². The molecule has 0 aromatic carbocycles. The first-order valence-corrected chi connectivity index (χ1v) is 7.20. The number of nitrogens with zero attached hydrogens (tertiary/aromatic N) is 2. The highest BCUT2D eigenvalue weighted by atomic mass is 15.3. The average molecular weight is 251 g/mol. The summed E-state index contributed by atoms with van der Waals surface area (Å²) in [5.74, 6) is 1.35. The maximum atomic E-state index is 4.69. The van der Waals surface area contributed by atoms with Crippen LogP contribution in [0.15, 0.2) is 12.3 Å². The van der Waals surface area contributed by atoms with Gasteiger partial charge in [-0.05, 0) is 38.3 Å². The smallest absolute Gasteiger partial charge is 0.0640 e. The summed E-state index contributed by atoms with van der Waals surface area (Å²) >= 11 is 0. The Morgan fingerprint density at radius 3 is 2.44 bits per heavy atom. The highest BCUT2D eigenvalue weighted by Gasteiger charge is 2.20. The molecule has 0 bridgehead atoms. The van der Waals surface area contributed by atoms with Crippen LogP contribution in [0.2, 0.25) is 0 Å². The van der Waals surface area contributed by atoms with Gasteiger partial charge in [-0.3, -0.25) is 4.68 Å². The third-order valence-electron chi connectivity index (χ3n) is 4.19. The normalized spacial score (nSPS) is 16.8. The molecular weight excluding hydrogens is 222 g/mol. The number of likely N-dealkylation sites (N-methyl/N-ethyl adjacent to an activating group) is 1. The Balaban J connectivity index is 2.68. The standard InChI is InChI=1S/C15H29N3/c1-7-12(4)18-9-8-14(17-18)10-15(16-6)13(5)11(2)3/h8-9,11-13,15-16H,7,10H2,1-6H3. The Kier molecular flexibility index (Phi) is 5.86. The number of hydrogen-bond acceptors (Lipinski definition) is 2. The van der Waals surface area contributed by atoms with Gasteiger partial charge in [0.25, 0.3) is 0 Å². The maximum Gasteiger partial charge on any atom is 0.0640 e. The fourth-order valence-corrected chi connectivity index (χ4v) is 2.16. The molecule has 0 radical (unpaired) electrons. The lowest BCUT2D eigenvalue weighted by molar-refractivity contribution is 0.307. The zero-order chi connectivity index (χ0) is 13.7. The fraction of sp³-hybridized carbons (Fsp3) is 0.800. The highest BCUT2D eigenvalue weighted by Crippen LogP contribution is 2.18. The topological polar surface area (TPSA) is 29.9 Å². The van der Waals surface area contributed by atoms with E-state index < -0.39 is 0 Å². The van der Waals surface area contributed by atoms with Gasteiger partial charge in [0.05, 0.1) is 5.69 Å². The molecule has 0 aliphatic rings. The second-order valence-corrected chi connectivity index (χ2v) is 5.75. The van der Waals surface area contributed by atoms with Crippen LogP contribution in [0.3, 0.4) is 0 Å². The van der Waals surface area contributed by atoms with Gasteiger partial charge in [-0.2, -0.15) is 5.10 Å². The predicted molar refractivity (Wildman–Crippen MR) is 77.8 cm³/mol. The second kappa shape index (κ2) is 6.93. The molecule has 0 saturated heterocycles. The maximum absolute atomic E-state index is 4.69. The van der Waals surface area contributed by atoms with Gasteiger partial charge in [0.2, 0.25) is 0 Å². The van der Waals surface area contributed by atoms with E-state index in [9.17, 15) is 0 Å².